The summed E-state index contributed by atoms with van der Waals surface area (Å²) in [5.41, 5.74) is 0.151. The first-order valence-electron chi connectivity index (χ1n) is 5.79. The van der Waals surface area contributed by atoms with Crippen molar-refractivity contribution in [3.63, 3.8) is 0 Å². The second kappa shape index (κ2) is 4.56. The van der Waals surface area contributed by atoms with Gasteiger partial charge in [0.1, 0.15) is 0 Å². The lowest BCUT2D eigenvalue weighted by molar-refractivity contribution is -0.00922. The predicted molar refractivity (Wildman–Crippen MR) is 68.4 cm³/mol. The highest BCUT2D eigenvalue weighted by Gasteiger charge is 2.35. The SMILES string of the molecule is CC(NC(C)(C)C(C)(C)O)c1ccccc1. The van der Waals surface area contributed by atoms with Crippen LogP contribution in [0.1, 0.15) is 46.2 Å². The fourth-order valence-electron chi connectivity index (χ4n) is 1.54. The average molecular weight is 221 g/mol. The Bertz CT molecular complexity index is 324. The van der Waals surface area contributed by atoms with E-state index in [-0.39, 0.29) is 11.6 Å². The third-order valence-electron chi connectivity index (χ3n) is 3.41. The minimum Gasteiger partial charge on any atom is -0.389 e. The lowest BCUT2D eigenvalue weighted by Crippen LogP contribution is -2.56. The predicted octanol–water partition coefficient (Wildman–Crippen LogP) is 2.89. The van der Waals surface area contributed by atoms with Crippen molar-refractivity contribution < 1.29 is 5.11 Å². The van der Waals surface area contributed by atoms with Crippen molar-refractivity contribution in [3.05, 3.63) is 35.9 Å². The second-order valence-electron chi connectivity index (χ2n) is 5.46. The third kappa shape index (κ3) is 3.06. The number of hydrogen-bond acceptors (Lipinski definition) is 2. The molecule has 0 amide bonds. The minimum atomic E-state index is -0.754. The number of hydrogen-bond donors (Lipinski definition) is 2. The molecule has 0 radical (unpaired) electrons. The van der Waals surface area contributed by atoms with Gasteiger partial charge in [0.05, 0.1) is 5.60 Å². The van der Waals surface area contributed by atoms with E-state index < -0.39 is 5.60 Å². The molecule has 1 unspecified atom stereocenters. The van der Waals surface area contributed by atoms with Gasteiger partial charge in [-0.2, -0.15) is 0 Å². The van der Waals surface area contributed by atoms with Gasteiger partial charge in [-0.05, 0) is 40.2 Å². The van der Waals surface area contributed by atoms with Crippen molar-refractivity contribution in [1.82, 2.24) is 5.32 Å². The van der Waals surface area contributed by atoms with Crippen molar-refractivity contribution in [2.45, 2.75) is 51.8 Å². The van der Waals surface area contributed by atoms with Gasteiger partial charge in [0.15, 0.2) is 0 Å². The number of benzene rings is 1. The summed E-state index contributed by atoms with van der Waals surface area (Å²) in [5, 5.41) is 13.5. The fraction of sp³-hybridized carbons (Fsp3) is 0.571. The highest BCUT2D eigenvalue weighted by molar-refractivity contribution is 5.19. The smallest absolute Gasteiger partial charge is 0.0767 e. The van der Waals surface area contributed by atoms with Gasteiger partial charge < -0.3 is 10.4 Å². The van der Waals surface area contributed by atoms with E-state index >= 15 is 0 Å². The Morgan fingerprint density at radius 2 is 1.56 bits per heavy atom. The van der Waals surface area contributed by atoms with Gasteiger partial charge in [0.2, 0.25) is 0 Å². The van der Waals surface area contributed by atoms with E-state index in [1.165, 1.54) is 5.56 Å². The van der Waals surface area contributed by atoms with Crippen LogP contribution in [0.2, 0.25) is 0 Å². The van der Waals surface area contributed by atoms with Crippen molar-refractivity contribution in [2.24, 2.45) is 0 Å². The molecule has 90 valence electrons. The van der Waals surface area contributed by atoms with Gasteiger partial charge in [-0.25, -0.2) is 0 Å². The maximum Gasteiger partial charge on any atom is 0.0767 e. The van der Waals surface area contributed by atoms with Gasteiger partial charge in [-0.3, -0.25) is 0 Å². The molecule has 0 fully saturated rings. The molecule has 2 N–H and O–H groups in total. The summed E-state index contributed by atoms with van der Waals surface area (Å²) in [6, 6.07) is 10.5. The Morgan fingerprint density at radius 1 is 1.06 bits per heavy atom. The molecule has 0 saturated heterocycles. The lowest BCUT2D eigenvalue weighted by Gasteiger charge is -2.40. The van der Waals surface area contributed by atoms with E-state index in [9.17, 15) is 5.11 Å². The third-order valence-corrected chi connectivity index (χ3v) is 3.41. The molecule has 0 saturated carbocycles. The molecule has 0 spiro atoms. The highest BCUT2D eigenvalue weighted by Crippen LogP contribution is 2.24. The standard InChI is InChI=1S/C14H23NO/c1-11(12-9-7-6-8-10-12)15-13(2,3)14(4,5)16/h6-11,15-16H,1-5H3. The van der Waals surface area contributed by atoms with E-state index in [0.29, 0.717) is 0 Å². The van der Waals surface area contributed by atoms with Crippen LogP contribution >= 0.6 is 0 Å². The van der Waals surface area contributed by atoms with Gasteiger partial charge in [0, 0.05) is 11.6 Å². The molecule has 0 bridgehead atoms. The van der Waals surface area contributed by atoms with Gasteiger partial charge >= 0.3 is 0 Å². The molecule has 0 aliphatic carbocycles. The molecule has 0 aromatic heterocycles. The molecule has 2 nitrogen and oxygen atoms in total. The van der Waals surface area contributed by atoms with E-state index in [2.05, 4.69) is 24.4 Å². The van der Waals surface area contributed by atoms with Crippen LogP contribution in [-0.4, -0.2) is 16.2 Å². The summed E-state index contributed by atoms with van der Waals surface area (Å²) in [4.78, 5) is 0. The molecule has 16 heavy (non-hydrogen) atoms. The van der Waals surface area contributed by atoms with Crippen LogP contribution in [0.3, 0.4) is 0 Å². The van der Waals surface area contributed by atoms with Crippen LogP contribution in [0.25, 0.3) is 0 Å². The van der Waals surface area contributed by atoms with Gasteiger partial charge in [-0.15, -0.1) is 0 Å². The van der Waals surface area contributed by atoms with Crippen molar-refractivity contribution in [2.75, 3.05) is 0 Å². The number of rotatable bonds is 4. The van der Waals surface area contributed by atoms with Crippen LogP contribution < -0.4 is 5.32 Å². The second-order valence-corrected chi connectivity index (χ2v) is 5.46. The molecular formula is C14H23NO. The Kier molecular flexibility index (Phi) is 3.76. The van der Waals surface area contributed by atoms with Crippen molar-refractivity contribution in [3.8, 4) is 0 Å². The largest absolute Gasteiger partial charge is 0.389 e. The molecule has 0 aliphatic rings. The Morgan fingerprint density at radius 3 is 2.00 bits per heavy atom. The maximum atomic E-state index is 10.1. The first-order chi connectivity index (χ1) is 7.24. The average Bonchev–Trinajstić information content (AvgIpc) is 2.16. The molecule has 0 aliphatic heterocycles. The molecule has 0 heterocycles. The van der Waals surface area contributed by atoms with Crippen molar-refractivity contribution >= 4 is 0 Å². The topological polar surface area (TPSA) is 32.3 Å². The van der Waals surface area contributed by atoms with E-state index in [1.807, 2.05) is 45.9 Å². The Balaban J connectivity index is 2.76. The highest BCUT2D eigenvalue weighted by atomic mass is 16.3. The zero-order valence-electron chi connectivity index (χ0n) is 10.9. The van der Waals surface area contributed by atoms with Crippen molar-refractivity contribution in [1.29, 1.82) is 0 Å². The van der Waals surface area contributed by atoms with E-state index in [1.54, 1.807) is 0 Å². The molecule has 2 heteroatoms. The lowest BCUT2D eigenvalue weighted by atomic mass is 9.85. The maximum absolute atomic E-state index is 10.1. The first-order valence-corrected chi connectivity index (χ1v) is 5.79. The molecular weight excluding hydrogens is 198 g/mol. The van der Waals surface area contributed by atoms with E-state index in [4.69, 9.17) is 0 Å². The number of aliphatic hydroxyl groups is 1. The monoisotopic (exact) mass is 221 g/mol. The Labute approximate surface area is 98.7 Å². The van der Waals surface area contributed by atoms with Crippen LogP contribution in [0.15, 0.2) is 30.3 Å². The summed E-state index contributed by atoms with van der Waals surface area (Å²) in [7, 11) is 0. The summed E-state index contributed by atoms with van der Waals surface area (Å²) in [6.45, 7) is 9.82. The van der Waals surface area contributed by atoms with Crippen LogP contribution in [-0.2, 0) is 0 Å². The summed E-state index contributed by atoms with van der Waals surface area (Å²) in [5.74, 6) is 0. The zero-order valence-corrected chi connectivity index (χ0v) is 10.9. The molecule has 1 aromatic carbocycles. The van der Waals surface area contributed by atoms with Crippen LogP contribution in [0.5, 0.6) is 0 Å². The van der Waals surface area contributed by atoms with Gasteiger partial charge in [0.25, 0.3) is 0 Å². The minimum absolute atomic E-state index is 0.225. The fourth-order valence-corrected chi connectivity index (χ4v) is 1.54. The quantitative estimate of drug-likeness (QED) is 0.819. The molecule has 1 aromatic rings. The summed E-state index contributed by atoms with van der Waals surface area (Å²) < 4.78 is 0. The van der Waals surface area contributed by atoms with Crippen LogP contribution in [0, 0.1) is 0 Å². The zero-order chi connectivity index (χ0) is 12.4. The normalized spacial score (nSPS) is 14.9. The Hall–Kier alpha value is -0.860. The van der Waals surface area contributed by atoms with Crippen LogP contribution in [0.4, 0.5) is 0 Å². The van der Waals surface area contributed by atoms with Gasteiger partial charge in [-0.1, -0.05) is 30.3 Å². The summed E-state index contributed by atoms with van der Waals surface area (Å²) in [6.07, 6.45) is 0. The summed E-state index contributed by atoms with van der Waals surface area (Å²) >= 11 is 0. The molecule has 1 atom stereocenters. The van der Waals surface area contributed by atoms with E-state index in [0.717, 1.165) is 0 Å². The number of nitrogens with one attached hydrogen (secondary N) is 1. The first kappa shape index (κ1) is 13.2. The molecule has 1 rings (SSSR count).